The first-order chi connectivity index (χ1) is 11.3. The van der Waals surface area contributed by atoms with Gasteiger partial charge in [0.1, 0.15) is 5.82 Å². The monoisotopic (exact) mass is 332 g/mol. The predicted octanol–water partition coefficient (Wildman–Crippen LogP) is 1.36. The summed E-state index contributed by atoms with van der Waals surface area (Å²) in [5.41, 5.74) is 0.00192. The molecule has 24 heavy (non-hydrogen) atoms. The van der Waals surface area contributed by atoms with Gasteiger partial charge in [-0.25, -0.2) is 4.39 Å². The second-order valence-electron chi connectivity index (χ2n) is 6.73. The second kappa shape index (κ2) is 4.72. The summed E-state index contributed by atoms with van der Waals surface area (Å²) in [5, 5.41) is 0. The summed E-state index contributed by atoms with van der Waals surface area (Å²) in [4.78, 5) is 47.7. The van der Waals surface area contributed by atoms with Crippen molar-refractivity contribution in [3.63, 3.8) is 0 Å². The third kappa shape index (κ3) is 1.87. The number of rotatable bonds is 1. The molecule has 0 saturated carbocycles. The number of hydrogen-bond acceptors (Lipinski definition) is 6. The molecular formula is C17H13FO6. The van der Waals surface area contributed by atoms with Crippen LogP contribution in [0.3, 0.4) is 0 Å². The highest BCUT2D eigenvalue weighted by atomic mass is 19.1. The van der Waals surface area contributed by atoms with Gasteiger partial charge in [0.25, 0.3) is 0 Å². The van der Waals surface area contributed by atoms with E-state index in [1.165, 1.54) is 18.2 Å². The zero-order chi connectivity index (χ0) is 17.2. The molecular weight excluding hydrogens is 319 g/mol. The van der Waals surface area contributed by atoms with Crippen molar-refractivity contribution in [3.8, 4) is 0 Å². The number of ether oxygens (including phenoxy) is 2. The Bertz CT molecular complexity index is 815. The average molecular weight is 332 g/mol. The van der Waals surface area contributed by atoms with Crippen LogP contribution in [0.1, 0.15) is 36.8 Å². The number of cyclic esters (lactones) is 4. The van der Waals surface area contributed by atoms with Crippen LogP contribution in [-0.2, 0) is 34.1 Å². The number of benzene rings is 1. The number of carbonyl (C=O) groups excluding carboxylic acids is 4. The molecule has 7 heteroatoms. The predicted molar refractivity (Wildman–Crippen MR) is 74.9 cm³/mol. The average Bonchev–Trinajstić information content (AvgIpc) is 2.98. The van der Waals surface area contributed by atoms with E-state index in [2.05, 4.69) is 4.74 Å². The van der Waals surface area contributed by atoms with E-state index in [1.54, 1.807) is 6.92 Å². The maximum absolute atomic E-state index is 13.8. The van der Waals surface area contributed by atoms with Gasteiger partial charge in [-0.15, -0.1) is 0 Å². The summed E-state index contributed by atoms with van der Waals surface area (Å²) < 4.78 is 23.1. The lowest BCUT2D eigenvalue weighted by Crippen LogP contribution is -2.43. The van der Waals surface area contributed by atoms with E-state index in [9.17, 15) is 23.6 Å². The standard InChI is InChI=1S/C17H13FO6/c1-17(11-5-12(19)23-15(11)21)6-9-13(16(22)24-14(9)20)8-4-7(18)2-3-10(8)17/h2-4,9,11,13H,5-6H2,1H3. The van der Waals surface area contributed by atoms with Crippen LogP contribution in [0.2, 0.25) is 0 Å². The van der Waals surface area contributed by atoms with Gasteiger partial charge in [0, 0.05) is 5.41 Å². The molecule has 2 fully saturated rings. The lowest BCUT2D eigenvalue weighted by atomic mass is 9.58. The summed E-state index contributed by atoms with van der Waals surface area (Å²) in [6.07, 6.45) is 0.0560. The van der Waals surface area contributed by atoms with Crippen LogP contribution in [0.25, 0.3) is 0 Å². The Morgan fingerprint density at radius 1 is 1.08 bits per heavy atom. The molecule has 124 valence electrons. The Morgan fingerprint density at radius 2 is 1.83 bits per heavy atom. The third-order valence-electron chi connectivity index (χ3n) is 5.41. The van der Waals surface area contributed by atoms with Crippen molar-refractivity contribution in [3.05, 3.63) is 35.1 Å². The first-order valence-electron chi connectivity index (χ1n) is 7.61. The maximum Gasteiger partial charge on any atom is 0.321 e. The number of hydrogen-bond donors (Lipinski definition) is 0. The van der Waals surface area contributed by atoms with E-state index < -0.39 is 52.9 Å². The van der Waals surface area contributed by atoms with E-state index in [0.29, 0.717) is 11.1 Å². The number of fused-ring (bicyclic) bond motifs is 3. The van der Waals surface area contributed by atoms with Crippen molar-refractivity contribution in [2.45, 2.75) is 31.1 Å². The van der Waals surface area contributed by atoms with Crippen LogP contribution in [0.4, 0.5) is 4.39 Å². The lowest BCUT2D eigenvalue weighted by Gasteiger charge is -2.41. The Kier molecular flexibility index (Phi) is 2.95. The minimum absolute atomic E-state index is 0.105. The van der Waals surface area contributed by atoms with Gasteiger partial charge in [-0.3, -0.25) is 19.2 Å². The van der Waals surface area contributed by atoms with Gasteiger partial charge < -0.3 is 9.47 Å². The Hall–Kier alpha value is -2.57. The topological polar surface area (TPSA) is 86.7 Å². The van der Waals surface area contributed by atoms with Crippen molar-refractivity contribution >= 4 is 23.9 Å². The van der Waals surface area contributed by atoms with Crippen molar-refractivity contribution in [1.82, 2.24) is 0 Å². The van der Waals surface area contributed by atoms with Gasteiger partial charge >= 0.3 is 23.9 Å². The molecule has 2 heterocycles. The Labute approximate surface area is 135 Å². The van der Waals surface area contributed by atoms with Gasteiger partial charge in [-0.05, 0) is 29.7 Å². The van der Waals surface area contributed by atoms with Gasteiger partial charge in [-0.1, -0.05) is 13.0 Å². The minimum atomic E-state index is -0.920. The fourth-order valence-corrected chi connectivity index (χ4v) is 4.25. The zero-order valence-corrected chi connectivity index (χ0v) is 12.7. The van der Waals surface area contributed by atoms with E-state index in [0.717, 1.165) is 0 Å². The number of carbonyl (C=O) groups is 4. The molecule has 1 aliphatic carbocycles. The first kappa shape index (κ1) is 15.0. The van der Waals surface area contributed by atoms with E-state index in [4.69, 9.17) is 4.74 Å². The van der Waals surface area contributed by atoms with Crippen molar-refractivity contribution in [2.24, 2.45) is 11.8 Å². The van der Waals surface area contributed by atoms with E-state index >= 15 is 0 Å². The maximum atomic E-state index is 13.8. The Morgan fingerprint density at radius 3 is 2.50 bits per heavy atom. The summed E-state index contributed by atoms with van der Waals surface area (Å²) in [6.45, 7) is 1.74. The van der Waals surface area contributed by atoms with Crippen molar-refractivity contribution in [1.29, 1.82) is 0 Å². The van der Waals surface area contributed by atoms with Crippen LogP contribution in [0, 0.1) is 17.7 Å². The van der Waals surface area contributed by atoms with Crippen molar-refractivity contribution in [2.75, 3.05) is 0 Å². The summed E-state index contributed by atoms with van der Waals surface area (Å²) in [6, 6.07) is 3.95. The van der Waals surface area contributed by atoms with Gasteiger partial charge in [0.05, 0.1) is 24.2 Å². The molecule has 1 aromatic rings. The number of halogens is 1. The van der Waals surface area contributed by atoms with Crippen LogP contribution >= 0.6 is 0 Å². The molecule has 0 N–H and O–H groups in total. The highest BCUT2D eigenvalue weighted by Crippen LogP contribution is 2.54. The summed E-state index contributed by atoms with van der Waals surface area (Å²) >= 11 is 0. The quantitative estimate of drug-likeness (QED) is 0.570. The van der Waals surface area contributed by atoms with Crippen LogP contribution in [0.5, 0.6) is 0 Å². The van der Waals surface area contributed by atoms with Gasteiger partial charge in [-0.2, -0.15) is 0 Å². The van der Waals surface area contributed by atoms with Crippen LogP contribution < -0.4 is 0 Å². The van der Waals surface area contributed by atoms with Crippen LogP contribution in [-0.4, -0.2) is 23.9 Å². The highest BCUT2D eigenvalue weighted by molar-refractivity contribution is 6.01. The van der Waals surface area contributed by atoms with Gasteiger partial charge in [0.2, 0.25) is 0 Å². The Balaban J connectivity index is 1.91. The van der Waals surface area contributed by atoms with E-state index in [1.807, 2.05) is 0 Å². The van der Waals surface area contributed by atoms with Crippen molar-refractivity contribution < 1.29 is 33.0 Å². The van der Waals surface area contributed by atoms with E-state index in [-0.39, 0.29) is 12.8 Å². The smallest absolute Gasteiger partial charge is 0.321 e. The molecule has 1 aromatic carbocycles. The molecule has 4 unspecified atom stereocenters. The minimum Gasteiger partial charge on any atom is -0.393 e. The lowest BCUT2D eigenvalue weighted by molar-refractivity contribution is -0.156. The molecule has 6 nitrogen and oxygen atoms in total. The number of esters is 4. The third-order valence-corrected chi connectivity index (χ3v) is 5.41. The molecule has 0 amide bonds. The van der Waals surface area contributed by atoms with Crippen LogP contribution in [0.15, 0.2) is 18.2 Å². The molecule has 3 aliphatic rings. The molecule has 0 bridgehead atoms. The molecule has 0 aromatic heterocycles. The highest BCUT2D eigenvalue weighted by Gasteiger charge is 2.58. The molecule has 2 aliphatic heterocycles. The van der Waals surface area contributed by atoms with Gasteiger partial charge in [0.15, 0.2) is 0 Å². The molecule has 4 atom stereocenters. The molecule has 0 radical (unpaired) electrons. The first-order valence-corrected chi connectivity index (χ1v) is 7.61. The SMILES string of the molecule is CC1(C2CC(=O)OC2=O)CC2C(=O)OC(=O)C2c2cc(F)ccc21. The molecule has 2 saturated heterocycles. The largest absolute Gasteiger partial charge is 0.393 e. The fourth-order valence-electron chi connectivity index (χ4n) is 4.25. The normalized spacial score (nSPS) is 34.7. The fraction of sp³-hybridized carbons (Fsp3) is 0.412. The molecule has 4 rings (SSSR count). The summed E-state index contributed by atoms with van der Waals surface area (Å²) in [7, 11) is 0. The molecule has 0 spiro atoms. The zero-order valence-electron chi connectivity index (χ0n) is 12.7. The summed E-state index contributed by atoms with van der Waals surface area (Å²) in [5.74, 6) is -5.65. The second-order valence-corrected chi connectivity index (χ2v) is 6.73.